The predicted molar refractivity (Wildman–Crippen MR) is 130 cm³/mol. The van der Waals surface area contributed by atoms with Gasteiger partial charge in [0, 0.05) is 26.1 Å². The van der Waals surface area contributed by atoms with E-state index in [4.69, 9.17) is 4.74 Å². The molecule has 4 aliphatic rings. The van der Waals surface area contributed by atoms with Crippen molar-refractivity contribution < 1.29 is 24.9 Å². The van der Waals surface area contributed by atoms with E-state index in [-0.39, 0.29) is 30.2 Å². The topological polar surface area (TPSA) is 87.0 Å². The molecular formula is C28H50O5. The first kappa shape index (κ1) is 26.9. The van der Waals surface area contributed by atoms with Crippen LogP contribution in [0.15, 0.2) is 0 Å². The Kier molecular flexibility index (Phi) is 8.94. The highest BCUT2D eigenvalue weighted by Gasteiger charge is 2.54. The van der Waals surface area contributed by atoms with Crippen LogP contribution in [-0.4, -0.2) is 46.7 Å². The number of carbonyl (C=O) groups is 1. The van der Waals surface area contributed by atoms with E-state index in [9.17, 15) is 20.1 Å². The minimum absolute atomic E-state index is 0.0837. The number of rotatable bonds is 5. The molecule has 4 aliphatic carbocycles. The fourth-order valence-corrected chi connectivity index (χ4v) is 8.83. The number of carbonyl (C=O) groups excluding carboxylic acids is 1. The molecule has 3 N–H and O–H groups in total. The summed E-state index contributed by atoms with van der Waals surface area (Å²) in [7, 11) is 0. The van der Waals surface area contributed by atoms with Crippen LogP contribution in [0.25, 0.3) is 0 Å². The molecule has 5 nitrogen and oxygen atoms in total. The molecule has 5 heteroatoms. The van der Waals surface area contributed by atoms with Gasteiger partial charge in [-0.2, -0.15) is 0 Å². The average molecular weight is 467 g/mol. The number of aliphatic hydroxyl groups excluding tert-OH is 3. The van der Waals surface area contributed by atoms with Crippen molar-refractivity contribution in [2.75, 3.05) is 13.2 Å². The highest BCUT2D eigenvalue weighted by atomic mass is 16.5. The highest BCUT2D eigenvalue weighted by molar-refractivity contribution is 5.66. The maximum absolute atomic E-state index is 11.2. The maximum atomic E-state index is 11.2. The second-order valence-corrected chi connectivity index (χ2v) is 12.4. The van der Waals surface area contributed by atoms with Gasteiger partial charge in [-0.1, -0.05) is 34.1 Å². The van der Waals surface area contributed by atoms with Gasteiger partial charge in [-0.3, -0.25) is 4.79 Å². The minimum Gasteiger partial charge on any atom is -0.462 e. The third-order valence-electron chi connectivity index (χ3n) is 10.6. The van der Waals surface area contributed by atoms with Crippen LogP contribution >= 0.6 is 0 Å². The standard InChI is InChI=1S/C15H26O3.C13H24O2/c1-10(9-16)12-6-7-13-14(18-11(2)17)5-4-8-15(12,13)3;1-9(8-14)10-5-6-11-12(15)4-3-7-13(10,11)2/h10,12-14,16H,4-9H2,1-3H3;9-12,14-15H,3-8H2,1-2H3/t10?,12?,13?,14-,15+;9?,10?,11?,12-,13+/m00/s1. The van der Waals surface area contributed by atoms with Gasteiger partial charge in [0.1, 0.15) is 6.10 Å². The maximum Gasteiger partial charge on any atom is 0.302 e. The lowest BCUT2D eigenvalue weighted by Gasteiger charge is -2.45. The molecule has 10 atom stereocenters. The second-order valence-electron chi connectivity index (χ2n) is 12.4. The minimum atomic E-state index is -0.150. The van der Waals surface area contributed by atoms with E-state index >= 15 is 0 Å². The summed E-state index contributed by atoms with van der Waals surface area (Å²) in [6.07, 6.45) is 11.4. The van der Waals surface area contributed by atoms with Gasteiger partial charge in [-0.25, -0.2) is 0 Å². The van der Waals surface area contributed by atoms with Crippen molar-refractivity contribution >= 4 is 5.97 Å². The van der Waals surface area contributed by atoms with Crippen LogP contribution in [0.4, 0.5) is 0 Å². The van der Waals surface area contributed by atoms with Crippen LogP contribution in [0.2, 0.25) is 0 Å². The van der Waals surface area contributed by atoms with Crippen molar-refractivity contribution in [3.63, 3.8) is 0 Å². The van der Waals surface area contributed by atoms with Gasteiger partial charge >= 0.3 is 5.97 Å². The number of aliphatic hydroxyl groups is 3. The molecular weight excluding hydrogens is 416 g/mol. The Bertz CT molecular complexity index is 652. The van der Waals surface area contributed by atoms with Crippen LogP contribution in [0, 0.1) is 46.3 Å². The third kappa shape index (κ3) is 5.30. The number of esters is 1. The van der Waals surface area contributed by atoms with E-state index in [1.807, 2.05) is 0 Å². The molecule has 0 aromatic heterocycles. The number of hydrogen-bond acceptors (Lipinski definition) is 5. The molecule has 6 unspecified atom stereocenters. The lowest BCUT2D eigenvalue weighted by atomic mass is 9.62. The Labute approximate surface area is 201 Å². The summed E-state index contributed by atoms with van der Waals surface area (Å²) in [5.41, 5.74) is 0.542. The first-order valence-corrected chi connectivity index (χ1v) is 13.7. The summed E-state index contributed by atoms with van der Waals surface area (Å²) in [6.45, 7) is 11.1. The summed E-state index contributed by atoms with van der Waals surface area (Å²) in [5, 5.41) is 28.8. The third-order valence-corrected chi connectivity index (χ3v) is 10.6. The summed E-state index contributed by atoms with van der Waals surface area (Å²) in [6, 6.07) is 0. The molecule has 0 saturated heterocycles. The zero-order chi connectivity index (χ0) is 24.4. The van der Waals surface area contributed by atoms with E-state index in [0.717, 1.165) is 38.5 Å². The van der Waals surface area contributed by atoms with Gasteiger partial charge < -0.3 is 20.1 Å². The highest BCUT2D eigenvalue weighted by Crippen LogP contribution is 2.59. The first-order valence-electron chi connectivity index (χ1n) is 13.7. The lowest BCUT2D eigenvalue weighted by molar-refractivity contribution is -0.155. The molecule has 0 amide bonds. The molecule has 192 valence electrons. The SMILES string of the molecule is CC(=O)O[C@H]1CCC[C@]2(C)C(C(C)CO)CCC12.CC(CO)C1CCC2[C@@H](O)CCC[C@]12C. The van der Waals surface area contributed by atoms with E-state index in [2.05, 4.69) is 27.7 Å². The van der Waals surface area contributed by atoms with Crippen molar-refractivity contribution in [1.29, 1.82) is 0 Å². The van der Waals surface area contributed by atoms with Crippen molar-refractivity contribution in [2.45, 2.75) is 111 Å². The Hall–Kier alpha value is -0.650. The van der Waals surface area contributed by atoms with Crippen LogP contribution in [0.1, 0.15) is 98.8 Å². The van der Waals surface area contributed by atoms with Crippen molar-refractivity contribution in [3.05, 3.63) is 0 Å². The van der Waals surface area contributed by atoms with E-state index in [1.54, 1.807) is 0 Å². The van der Waals surface area contributed by atoms with Crippen molar-refractivity contribution in [2.24, 2.45) is 46.3 Å². The molecule has 4 rings (SSSR count). The number of ether oxygens (including phenoxy) is 1. The molecule has 0 aromatic rings. The Morgan fingerprint density at radius 3 is 1.85 bits per heavy atom. The fourth-order valence-electron chi connectivity index (χ4n) is 8.83. The molecule has 0 bridgehead atoms. The normalized spacial score (nSPS) is 44.1. The molecule has 0 aliphatic heterocycles. The summed E-state index contributed by atoms with van der Waals surface area (Å²) >= 11 is 0. The number of hydrogen-bond donors (Lipinski definition) is 3. The smallest absolute Gasteiger partial charge is 0.302 e. The molecule has 33 heavy (non-hydrogen) atoms. The van der Waals surface area contributed by atoms with Crippen LogP contribution in [0.3, 0.4) is 0 Å². The van der Waals surface area contributed by atoms with Gasteiger partial charge in [0.25, 0.3) is 0 Å². The van der Waals surface area contributed by atoms with E-state index < -0.39 is 0 Å². The molecule has 0 radical (unpaired) electrons. The Morgan fingerprint density at radius 1 is 0.848 bits per heavy atom. The zero-order valence-electron chi connectivity index (χ0n) is 21.8. The number of fused-ring (bicyclic) bond motifs is 2. The summed E-state index contributed by atoms with van der Waals surface area (Å²) < 4.78 is 5.53. The molecule has 0 aromatic carbocycles. The van der Waals surface area contributed by atoms with Crippen LogP contribution in [-0.2, 0) is 9.53 Å². The fraction of sp³-hybridized carbons (Fsp3) is 0.964. The van der Waals surface area contributed by atoms with Gasteiger partial charge in [-0.15, -0.1) is 0 Å². The zero-order valence-corrected chi connectivity index (χ0v) is 21.8. The van der Waals surface area contributed by atoms with Crippen molar-refractivity contribution in [1.82, 2.24) is 0 Å². The molecule has 0 spiro atoms. The van der Waals surface area contributed by atoms with Gasteiger partial charge in [0.2, 0.25) is 0 Å². The van der Waals surface area contributed by atoms with Gasteiger partial charge in [-0.05, 0) is 98.2 Å². The second kappa shape index (κ2) is 11.0. The monoisotopic (exact) mass is 466 g/mol. The Morgan fingerprint density at radius 2 is 1.33 bits per heavy atom. The van der Waals surface area contributed by atoms with Gasteiger partial charge in [0.15, 0.2) is 0 Å². The quantitative estimate of drug-likeness (QED) is 0.499. The summed E-state index contributed by atoms with van der Waals surface area (Å²) in [4.78, 5) is 11.2. The van der Waals surface area contributed by atoms with Crippen LogP contribution in [0.5, 0.6) is 0 Å². The lowest BCUT2D eigenvalue weighted by Crippen LogP contribution is -2.43. The van der Waals surface area contributed by atoms with E-state index in [1.165, 1.54) is 32.6 Å². The van der Waals surface area contributed by atoms with Crippen LogP contribution < -0.4 is 0 Å². The summed E-state index contributed by atoms with van der Waals surface area (Å²) in [5.74, 6) is 2.77. The first-order chi connectivity index (χ1) is 15.6. The molecule has 4 saturated carbocycles. The predicted octanol–water partition coefficient (Wildman–Crippen LogP) is 4.96. The molecule has 0 heterocycles. The van der Waals surface area contributed by atoms with Crippen molar-refractivity contribution in [3.8, 4) is 0 Å². The largest absolute Gasteiger partial charge is 0.462 e. The van der Waals surface area contributed by atoms with E-state index in [0.29, 0.717) is 47.5 Å². The van der Waals surface area contributed by atoms with Gasteiger partial charge in [0.05, 0.1) is 6.10 Å². The Balaban J connectivity index is 0.000000189. The molecule has 4 fully saturated rings. The average Bonchev–Trinajstić information content (AvgIpc) is 3.31.